The molecule has 3 heterocycles. The molecule has 0 bridgehead atoms. The molecular formula is C29H28F3N5O5S. The highest BCUT2D eigenvalue weighted by Crippen LogP contribution is 2.45. The lowest BCUT2D eigenvalue weighted by Crippen LogP contribution is -2.43. The van der Waals surface area contributed by atoms with E-state index in [1.807, 2.05) is 0 Å². The molecule has 1 amide bonds. The quantitative estimate of drug-likeness (QED) is 0.316. The van der Waals surface area contributed by atoms with Crippen LogP contribution in [0.3, 0.4) is 0 Å². The van der Waals surface area contributed by atoms with E-state index in [1.165, 1.54) is 21.0 Å². The number of halogens is 3. The Labute approximate surface area is 245 Å². The number of nitrogens with two attached hydrogens (primary N) is 1. The van der Waals surface area contributed by atoms with Crippen LogP contribution in [0.1, 0.15) is 37.3 Å². The van der Waals surface area contributed by atoms with Crippen LogP contribution in [-0.2, 0) is 31.8 Å². The fraction of sp³-hybridized carbons (Fsp3) is 0.310. The SMILES string of the molecule is COc1ccc(-c2ccc(CN3C(=O)C(N)CC(F)(F)c4cc(F)c(-c5nnc(C(C)(C)S(C)(=O)=O)o5)cc43)cc2)nc1. The van der Waals surface area contributed by atoms with Gasteiger partial charge in [-0.05, 0) is 43.7 Å². The summed E-state index contributed by atoms with van der Waals surface area (Å²) in [5.41, 5.74) is 6.51. The summed E-state index contributed by atoms with van der Waals surface area (Å²) >= 11 is 0. The Bertz CT molecular complexity index is 1790. The first-order valence-electron chi connectivity index (χ1n) is 13.0. The second kappa shape index (κ2) is 10.8. The van der Waals surface area contributed by atoms with E-state index in [1.54, 1.807) is 42.6 Å². The predicted molar refractivity (Wildman–Crippen MR) is 151 cm³/mol. The zero-order valence-corrected chi connectivity index (χ0v) is 24.5. The van der Waals surface area contributed by atoms with Crippen LogP contribution in [0.25, 0.3) is 22.7 Å². The minimum atomic E-state index is -3.72. The van der Waals surface area contributed by atoms with Crippen LogP contribution in [-0.4, -0.2) is 48.9 Å². The maximum absolute atomic E-state index is 15.4. The van der Waals surface area contributed by atoms with E-state index < -0.39 is 56.1 Å². The number of rotatable bonds is 7. The summed E-state index contributed by atoms with van der Waals surface area (Å²) in [7, 11) is -2.18. The first-order valence-corrected chi connectivity index (χ1v) is 14.9. The number of carbonyl (C=O) groups is 1. The van der Waals surface area contributed by atoms with Gasteiger partial charge >= 0.3 is 0 Å². The lowest BCUT2D eigenvalue weighted by atomic mass is 9.99. The number of anilines is 1. The number of amides is 1. The van der Waals surface area contributed by atoms with E-state index in [4.69, 9.17) is 14.9 Å². The number of hydrogen-bond acceptors (Lipinski definition) is 9. The molecule has 2 N–H and O–H groups in total. The number of aromatic nitrogens is 3. The highest BCUT2D eigenvalue weighted by atomic mass is 32.2. The van der Waals surface area contributed by atoms with Crippen LogP contribution >= 0.6 is 0 Å². The molecule has 2 aromatic carbocycles. The zero-order chi connectivity index (χ0) is 31.3. The first kappa shape index (κ1) is 30.2. The van der Waals surface area contributed by atoms with Gasteiger partial charge in [-0.25, -0.2) is 21.6 Å². The van der Waals surface area contributed by atoms with Crippen molar-refractivity contribution < 1.29 is 35.5 Å². The molecule has 43 heavy (non-hydrogen) atoms. The third kappa shape index (κ3) is 5.59. The summed E-state index contributed by atoms with van der Waals surface area (Å²) in [5, 5.41) is 7.54. The molecule has 0 saturated carbocycles. The Morgan fingerprint density at radius 1 is 1.14 bits per heavy atom. The summed E-state index contributed by atoms with van der Waals surface area (Å²) in [6.45, 7) is 2.52. The van der Waals surface area contributed by atoms with Gasteiger partial charge in [0.25, 0.3) is 11.8 Å². The molecule has 1 aliphatic rings. The van der Waals surface area contributed by atoms with E-state index in [-0.39, 0.29) is 23.7 Å². The third-order valence-electron chi connectivity index (χ3n) is 7.49. The van der Waals surface area contributed by atoms with Crippen LogP contribution in [0.2, 0.25) is 0 Å². The van der Waals surface area contributed by atoms with Gasteiger partial charge in [-0.15, -0.1) is 10.2 Å². The van der Waals surface area contributed by atoms with Crippen LogP contribution < -0.4 is 15.4 Å². The number of ether oxygens (including phenoxy) is 1. The summed E-state index contributed by atoms with van der Waals surface area (Å²) < 4.78 is 79.5. The van der Waals surface area contributed by atoms with Gasteiger partial charge in [0.2, 0.25) is 11.8 Å². The first-order chi connectivity index (χ1) is 20.1. The number of alkyl halides is 2. The number of hydrogen-bond donors (Lipinski definition) is 1. The molecular weight excluding hydrogens is 587 g/mol. The lowest BCUT2D eigenvalue weighted by molar-refractivity contribution is -0.122. The molecule has 4 aromatic rings. The summed E-state index contributed by atoms with van der Waals surface area (Å²) in [4.78, 5) is 18.8. The predicted octanol–water partition coefficient (Wildman–Crippen LogP) is 4.58. The van der Waals surface area contributed by atoms with E-state index in [0.717, 1.165) is 22.8 Å². The van der Waals surface area contributed by atoms with Crippen molar-refractivity contribution in [3.63, 3.8) is 0 Å². The second-order valence-corrected chi connectivity index (χ2v) is 13.3. The molecule has 0 radical (unpaired) electrons. The van der Waals surface area contributed by atoms with Crippen molar-refractivity contribution in [3.8, 4) is 28.5 Å². The average molecular weight is 616 g/mol. The standard InChI is InChI=1S/C29H28F3N5O5S/c1-28(2,43(4,39)40)27-36-35-25(42-27)19-11-24-20(12-21(19)30)29(31,32)13-22(33)26(38)37(24)15-16-5-7-17(8-6-16)23-10-9-18(41-3)14-34-23/h5-12,14,22H,13,15,33H2,1-4H3. The van der Waals surface area contributed by atoms with Gasteiger partial charge in [0, 0.05) is 23.8 Å². The molecule has 1 unspecified atom stereocenters. The molecule has 0 fully saturated rings. The normalized spacial score (nSPS) is 17.0. The molecule has 226 valence electrons. The molecule has 5 rings (SSSR count). The molecule has 1 aliphatic heterocycles. The molecule has 0 spiro atoms. The van der Waals surface area contributed by atoms with Crippen molar-refractivity contribution >= 4 is 21.4 Å². The zero-order valence-electron chi connectivity index (χ0n) is 23.6. The fourth-order valence-electron chi connectivity index (χ4n) is 4.57. The van der Waals surface area contributed by atoms with Gasteiger partial charge in [0.05, 0.1) is 42.8 Å². The Morgan fingerprint density at radius 3 is 2.44 bits per heavy atom. The smallest absolute Gasteiger partial charge is 0.277 e. The van der Waals surface area contributed by atoms with Crippen molar-refractivity contribution in [3.05, 3.63) is 77.6 Å². The fourth-order valence-corrected chi connectivity index (χ4v) is 4.97. The van der Waals surface area contributed by atoms with Gasteiger partial charge < -0.3 is 19.8 Å². The van der Waals surface area contributed by atoms with E-state index in [2.05, 4.69) is 15.2 Å². The Hall–Kier alpha value is -4.30. The van der Waals surface area contributed by atoms with Crippen molar-refractivity contribution in [2.24, 2.45) is 5.73 Å². The van der Waals surface area contributed by atoms with E-state index >= 15 is 13.2 Å². The molecule has 1 atom stereocenters. The lowest BCUT2D eigenvalue weighted by Gasteiger charge is -2.25. The number of carbonyl (C=O) groups excluding carboxylic acids is 1. The van der Waals surface area contributed by atoms with E-state index in [9.17, 15) is 13.2 Å². The summed E-state index contributed by atoms with van der Waals surface area (Å²) in [5.74, 6) is -5.70. The van der Waals surface area contributed by atoms with Gasteiger partial charge in [0.15, 0.2) is 9.84 Å². The summed E-state index contributed by atoms with van der Waals surface area (Å²) in [6, 6.07) is 10.6. The Balaban J connectivity index is 1.55. The minimum Gasteiger partial charge on any atom is -0.495 e. The van der Waals surface area contributed by atoms with Crippen molar-refractivity contribution in [2.45, 2.75) is 43.5 Å². The Morgan fingerprint density at radius 2 is 1.84 bits per heavy atom. The van der Waals surface area contributed by atoms with Gasteiger partial charge in [-0.3, -0.25) is 9.78 Å². The van der Waals surface area contributed by atoms with Crippen molar-refractivity contribution in [1.82, 2.24) is 15.2 Å². The molecule has 0 saturated heterocycles. The third-order valence-corrected chi connectivity index (χ3v) is 9.52. The topological polar surface area (TPSA) is 142 Å². The minimum absolute atomic E-state index is 0.160. The van der Waals surface area contributed by atoms with Crippen molar-refractivity contribution in [1.29, 1.82) is 0 Å². The number of fused-ring (bicyclic) bond motifs is 1. The van der Waals surface area contributed by atoms with Crippen LogP contribution in [0, 0.1) is 5.82 Å². The second-order valence-electron chi connectivity index (χ2n) is 10.8. The average Bonchev–Trinajstić information content (AvgIpc) is 3.44. The number of methoxy groups -OCH3 is 1. The number of benzene rings is 2. The highest BCUT2D eigenvalue weighted by molar-refractivity contribution is 7.91. The van der Waals surface area contributed by atoms with E-state index in [0.29, 0.717) is 23.1 Å². The maximum Gasteiger partial charge on any atom is 0.277 e. The molecule has 2 aromatic heterocycles. The van der Waals surface area contributed by atoms with Crippen LogP contribution in [0.15, 0.2) is 59.1 Å². The number of sulfone groups is 1. The van der Waals surface area contributed by atoms with Gasteiger partial charge in [-0.2, -0.15) is 0 Å². The largest absolute Gasteiger partial charge is 0.495 e. The monoisotopic (exact) mass is 615 g/mol. The molecule has 10 nitrogen and oxygen atoms in total. The van der Waals surface area contributed by atoms with Gasteiger partial charge in [-0.1, -0.05) is 24.3 Å². The Kier molecular flexibility index (Phi) is 7.55. The van der Waals surface area contributed by atoms with Crippen LogP contribution in [0.5, 0.6) is 5.75 Å². The van der Waals surface area contributed by atoms with Crippen LogP contribution in [0.4, 0.5) is 18.9 Å². The number of pyridine rings is 1. The molecule has 14 heteroatoms. The summed E-state index contributed by atoms with van der Waals surface area (Å²) in [6.07, 6.45) is 1.53. The number of nitrogens with zero attached hydrogens (tertiary/aromatic N) is 4. The molecule has 0 aliphatic carbocycles. The van der Waals surface area contributed by atoms with Crippen molar-refractivity contribution in [2.75, 3.05) is 18.3 Å². The van der Waals surface area contributed by atoms with Gasteiger partial charge in [0.1, 0.15) is 16.3 Å². The maximum atomic E-state index is 15.4. The highest BCUT2D eigenvalue weighted by Gasteiger charge is 2.45.